The second-order valence-electron chi connectivity index (χ2n) is 8.91. The highest BCUT2D eigenvalue weighted by Crippen LogP contribution is 2.68. The highest BCUT2D eigenvalue weighted by Gasteiger charge is 2.72. The van der Waals surface area contributed by atoms with Crippen LogP contribution in [0.5, 0.6) is 5.75 Å². The predicted molar refractivity (Wildman–Crippen MR) is 132 cm³/mol. The van der Waals surface area contributed by atoms with Crippen molar-refractivity contribution in [3.8, 4) is 5.75 Å². The molecule has 5 rings (SSSR count). The zero-order chi connectivity index (χ0) is 26.6. The quantitative estimate of drug-likeness (QED) is 0.453. The minimum Gasteiger partial charge on any atom is -0.482 e. The summed E-state index contributed by atoms with van der Waals surface area (Å²) in [6.07, 6.45) is 5.49. The van der Waals surface area contributed by atoms with Crippen molar-refractivity contribution < 1.29 is 31.1 Å². The average Bonchev–Trinajstić information content (AvgIpc) is 3.38. The molecule has 2 aromatic heterocycles. The van der Waals surface area contributed by atoms with Crippen LogP contribution in [0.15, 0.2) is 52.3 Å². The summed E-state index contributed by atoms with van der Waals surface area (Å²) < 4.78 is 64.0. The van der Waals surface area contributed by atoms with E-state index >= 15 is 4.39 Å². The second kappa shape index (κ2) is 8.80. The average molecular weight is 550 g/mol. The lowest BCUT2D eigenvalue weighted by Gasteiger charge is -2.33. The number of thioether (sulfide) groups is 1. The van der Waals surface area contributed by atoms with Crippen molar-refractivity contribution in [2.75, 3.05) is 11.6 Å². The van der Waals surface area contributed by atoms with Crippen LogP contribution >= 0.6 is 11.8 Å². The molecular formula is C23H21F2N5O5S2. The van der Waals surface area contributed by atoms with Gasteiger partial charge in [0.15, 0.2) is 33.2 Å². The number of fused-ring (bicyclic) bond motifs is 1. The number of sulfone groups is 1. The van der Waals surface area contributed by atoms with Crippen LogP contribution in [0.3, 0.4) is 0 Å². The van der Waals surface area contributed by atoms with Crippen molar-refractivity contribution in [1.29, 1.82) is 0 Å². The van der Waals surface area contributed by atoms with Gasteiger partial charge in [0.25, 0.3) is 5.91 Å². The Morgan fingerprint density at radius 1 is 1.32 bits per heavy atom. The van der Waals surface area contributed by atoms with E-state index in [2.05, 4.69) is 20.3 Å². The SMILES string of the molecule is C[C@@]1(c2cc(NC(=O)c3ccc(OCc4ncco4)cn3)cc(F)c2F)N=C(N)S[C@@]2(S(C)(=O)=O)C[C@@H]12. The topological polar surface area (TPSA) is 150 Å². The predicted octanol–water partition coefficient (Wildman–Crippen LogP) is 3.22. The fraction of sp³-hybridized carbons (Fsp3) is 0.304. The maximum absolute atomic E-state index is 15.0. The molecule has 1 aliphatic heterocycles. The number of nitrogens with two attached hydrogens (primary N) is 1. The molecule has 37 heavy (non-hydrogen) atoms. The fourth-order valence-electron chi connectivity index (χ4n) is 4.50. The third-order valence-corrected chi connectivity index (χ3v) is 10.4. The Morgan fingerprint density at radius 3 is 2.76 bits per heavy atom. The molecule has 1 aliphatic carbocycles. The Balaban J connectivity index is 1.38. The van der Waals surface area contributed by atoms with Gasteiger partial charge in [0.2, 0.25) is 5.89 Å². The molecular weight excluding hydrogens is 528 g/mol. The van der Waals surface area contributed by atoms with Crippen molar-refractivity contribution >= 4 is 38.4 Å². The molecule has 10 nitrogen and oxygen atoms in total. The zero-order valence-electron chi connectivity index (χ0n) is 19.6. The Morgan fingerprint density at radius 2 is 2.11 bits per heavy atom. The van der Waals surface area contributed by atoms with E-state index in [1.807, 2.05) is 0 Å². The van der Waals surface area contributed by atoms with Crippen LogP contribution in [0, 0.1) is 17.6 Å². The summed E-state index contributed by atoms with van der Waals surface area (Å²) in [4.78, 5) is 25.1. The highest BCUT2D eigenvalue weighted by atomic mass is 32.3. The lowest BCUT2D eigenvalue weighted by Crippen LogP contribution is -2.39. The summed E-state index contributed by atoms with van der Waals surface area (Å²) in [6.45, 7) is 1.59. The molecule has 14 heteroatoms. The molecule has 1 saturated carbocycles. The maximum atomic E-state index is 15.0. The molecule has 0 spiro atoms. The summed E-state index contributed by atoms with van der Waals surface area (Å²) in [5, 5.41) is 2.46. The molecule has 194 valence electrons. The van der Waals surface area contributed by atoms with Crippen LogP contribution in [0.25, 0.3) is 0 Å². The Kier molecular flexibility index (Phi) is 5.98. The van der Waals surface area contributed by atoms with Gasteiger partial charge in [-0.15, -0.1) is 0 Å². The van der Waals surface area contributed by atoms with Gasteiger partial charge in [-0.1, -0.05) is 11.8 Å². The standard InChI is InChI=1S/C23H21F2N5O5S2/c1-22(17-9-23(17,37(2,32)33)36-21(26)30-22)14-7-12(8-15(24)19(14)25)29-20(31)16-4-3-13(10-28-16)35-11-18-27-5-6-34-18/h3-8,10,17H,9,11H2,1-2H3,(H2,26,30)(H,29,31)/t17-,22-,23+/m0/s1. The van der Waals surface area contributed by atoms with Crippen LogP contribution in [0.2, 0.25) is 0 Å². The molecule has 0 bridgehead atoms. The molecule has 2 aliphatic rings. The molecule has 1 fully saturated rings. The van der Waals surface area contributed by atoms with E-state index in [1.165, 1.54) is 43.8 Å². The first-order valence-electron chi connectivity index (χ1n) is 10.9. The van der Waals surface area contributed by atoms with Crippen molar-refractivity contribution in [1.82, 2.24) is 9.97 Å². The third-order valence-electron chi connectivity index (χ3n) is 6.43. The van der Waals surface area contributed by atoms with E-state index in [9.17, 15) is 17.6 Å². The third kappa shape index (κ3) is 4.44. The molecule has 0 saturated heterocycles. The number of ether oxygens (including phenoxy) is 1. The van der Waals surface area contributed by atoms with Gasteiger partial charge in [0, 0.05) is 29.5 Å². The number of benzene rings is 1. The number of hydrogen-bond donors (Lipinski definition) is 2. The van der Waals surface area contributed by atoms with Gasteiger partial charge in [0.05, 0.1) is 17.9 Å². The lowest BCUT2D eigenvalue weighted by atomic mass is 9.86. The number of carbonyl (C=O) groups is 1. The molecule has 1 aromatic carbocycles. The van der Waals surface area contributed by atoms with E-state index in [0.29, 0.717) is 11.6 Å². The Labute approximate surface area is 214 Å². The lowest BCUT2D eigenvalue weighted by molar-refractivity contribution is 0.102. The minimum absolute atomic E-state index is 0.00409. The first-order valence-corrected chi connectivity index (χ1v) is 13.7. The first kappa shape index (κ1) is 25.1. The normalized spacial score (nSPS) is 24.6. The van der Waals surface area contributed by atoms with E-state index in [1.54, 1.807) is 0 Å². The number of aliphatic imine (C=N–C) groups is 1. The number of amidine groups is 1. The van der Waals surface area contributed by atoms with E-state index < -0.39 is 42.9 Å². The van der Waals surface area contributed by atoms with Crippen LogP contribution in [0.4, 0.5) is 14.5 Å². The molecule has 3 heterocycles. The first-order chi connectivity index (χ1) is 17.4. The smallest absolute Gasteiger partial charge is 0.274 e. The van der Waals surface area contributed by atoms with Gasteiger partial charge in [-0.05, 0) is 31.5 Å². The van der Waals surface area contributed by atoms with Crippen LogP contribution in [0.1, 0.15) is 35.3 Å². The summed E-state index contributed by atoms with van der Waals surface area (Å²) in [7, 11) is -3.58. The monoisotopic (exact) mass is 549 g/mol. The number of aromatic nitrogens is 2. The number of oxazole rings is 1. The molecule has 3 atom stereocenters. The number of hydrogen-bond acceptors (Lipinski definition) is 10. The number of rotatable bonds is 7. The summed E-state index contributed by atoms with van der Waals surface area (Å²) in [5.74, 6) is -2.99. The van der Waals surface area contributed by atoms with Gasteiger partial charge in [-0.3, -0.25) is 9.79 Å². The van der Waals surface area contributed by atoms with Gasteiger partial charge in [0.1, 0.15) is 21.8 Å². The fourth-order valence-corrected chi connectivity index (χ4v) is 7.79. The van der Waals surface area contributed by atoms with Crippen LogP contribution < -0.4 is 15.8 Å². The number of nitrogens with one attached hydrogen (secondary N) is 1. The number of pyridine rings is 1. The Hall–Kier alpha value is -3.52. The van der Waals surface area contributed by atoms with E-state index in [4.69, 9.17) is 14.9 Å². The molecule has 3 aromatic rings. The molecule has 3 N–H and O–H groups in total. The minimum atomic E-state index is -3.58. The molecule has 1 amide bonds. The summed E-state index contributed by atoms with van der Waals surface area (Å²) in [5.41, 5.74) is 4.21. The van der Waals surface area contributed by atoms with Crippen LogP contribution in [-0.4, -0.2) is 39.8 Å². The van der Waals surface area contributed by atoms with Gasteiger partial charge >= 0.3 is 0 Å². The van der Waals surface area contributed by atoms with Crippen molar-refractivity contribution in [3.63, 3.8) is 0 Å². The molecule has 0 unspecified atom stereocenters. The highest BCUT2D eigenvalue weighted by molar-refractivity contribution is 8.24. The second-order valence-corrected chi connectivity index (χ2v) is 12.8. The largest absolute Gasteiger partial charge is 0.482 e. The van der Waals surface area contributed by atoms with E-state index in [-0.39, 0.29) is 35.1 Å². The molecule has 0 radical (unpaired) electrons. The van der Waals surface area contributed by atoms with Gasteiger partial charge < -0.3 is 20.2 Å². The van der Waals surface area contributed by atoms with Gasteiger partial charge in [-0.2, -0.15) is 0 Å². The van der Waals surface area contributed by atoms with Crippen molar-refractivity contribution in [2.24, 2.45) is 16.6 Å². The maximum Gasteiger partial charge on any atom is 0.274 e. The summed E-state index contributed by atoms with van der Waals surface area (Å²) >= 11 is 0.919. The number of halogens is 2. The number of anilines is 1. The van der Waals surface area contributed by atoms with Crippen molar-refractivity contribution in [3.05, 3.63) is 71.7 Å². The Bertz CT molecular complexity index is 1510. The number of carbonyl (C=O) groups excluding carboxylic acids is 1. The number of amides is 1. The van der Waals surface area contributed by atoms with Crippen molar-refractivity contribution in [2.45, 2.75) is 29.6 Å². The zero-order valence-corrected chi connectivity index (χ0v) is 21.2. The van der Waals surface area contributed by atoms with E-state index in [0.717, 1.165) is 24.1 Å². The summed E-state index contributed by atoms with van der Waals surface area (Å²) in [6, 6.07) is 4.98. The van der Waals surface area contributed by atoms with Crippen LogP contribution in [-0.2, 0) is 22.0 Å². The van der Waals surface area contributed by atoms with Gasteiger partial charge in [-0.25, -0.2) is 27.2 Å². The number of nitrogens with zero attached hydrogens (tertiary/aromatic N) is 3.